The Balaban J connectivity index is 1.98. The number of hydrogen-bond donors (Lipinski definition) is 1. The van der Waals surface area contributed by atoms with Gasteiger partial charge in [-0.1, -0.05) is 26.2 Å². The quantitative estimate of drug-likeness (QED) is 0.690. The third-order valence-corrected chi connectivity index (χ3v) is 3.64. The highest BCUT2D eigenvalue weighted by Gasteiger charge is 2.16. The number of amides is 1. The molecule has 0 aromatic heterocycles. The van der Waals surface area contributed by atoms with E-state index in [0.717, 1.165) is 5.75 Å². The highest BCUT2D eigenvalue weighted by Crippen LogP contribution is 2.17. The molecule has 0 radical (unpaired) electrons. The van der Waals surface area contributed by atoms with Crippen LogP contribution in [0.5, 0.6) is 0 Å². The first-order valence-corrected chi connectivity index (χ1v) is 6.85. The lowest BCUT2D eigenvalue weighted by molar-refractivity contribution is -0.119. The number of hydrogen-bond acceptors (Lipinski definition) is 2. The third kappa shape index (κ3) is 4.89. The van der Waals surface area contributed by atoms with E-state index in [-0.39, 0.29) is 5.91 Å². The first-order valence-electron chi connectivity index (χ1n) is 5.70. The summed E-state index contributed by atoms with van der Waals surface area (Å²) in [5.41, 5.74) is 0. The molecule has 0 unspecified atom stereocenters. The summed E-state index contributed by atoms with van der Waals surface area (Å²) in [5, 5.41) is 3.10. The van der Waals surface area contributed by atoms with E-state index in [1.54, 1.807) is 11.8 Å². The SMILES string of the molecule is CCCCSCC(=O)NC1CCCC1. The van der Waals surface area contributed by atoms with Crippen LogP contribution in [0.25, 0.3) is 0 Å². The van der Waals surface area contributed by atoms with Crippen molar-refractivity contribution < 1.29 is 4.79 Å². The van der Waals surface area contributed by atoms with Crippen molar-refractivity contribution in [2.75, 3.05) is 11.5 Å². The molecule has 3 heteroatoms. The Morgan fingerprint density at radius 1 is 1.43 bits per heavy atom. The fraction of sp³-hybridized carbons (Fsp3) is 0.909. The molecule has 1 N–H and O–H groups in total. The molecule has 1 saturated carbocycles. The number of carbonyl (C=O) groups is 1. The van der Waals surface area contributed by atoms with Crippen molar-refractivity contribution in [3.63, 3.8) is 0 Å². The summed E-state index contributed by atoms with van der Waals surface area (Å²) >= 11 is 1.76. The van der Waals surface area contributed by atoms with Crippen molar-refractivity contribution in [2.24, 2.45) is 0 Å². The second kappa shape index (κ2) is 7.16. The van der Waals surface area contributed by atoms with Crippen molar-refractivity contribution >= 4 is 17.7 Å². The molecule has 0 aromatic rings. The molecule has 0 atom stereocenters. The van der Waals surface area contributed by atoms with Crippen LogP contribution in [0, 0.1) is 0 Å². The Hall–Kier alpha value is -0.180. The Kier molecular flexibility index (Phi) is 6.08. The maximum absolute atomic E-state index is 11.4. The van der Waals surface area contributed by atoms with Crippen LogP contribution in [0.4, 0.5) is 0 Å². The van der Waals surface area contributed by atoms with Gasteiger partial charge in [-0.2, -0.15) is 11.8 Å². The molecule has 14 heavy (non-hydrogen) atoms. The van der Waals surface area contributed by atoms with Crippen LogP contribution in [0.1, 0.15) is 45.4 Å². The minimum Gasteiger partial charge on any atom is -0.353 e. The van der Waals surface area contributed by atoms with E-state index in [1.165, 1.54) is 38.5 Å². The molecule has 0 aromatic carbocycles. The monoisotopic (exact) mass is 215 g/mol. The average molecular weight is 215 g/mol. The van der Waals surface area contributed by atoms with Gasteiger partial charge in [0, 0.05) is 6.04 Å². The standard InChI is InChI=1S/C11H21NOS/c1-2-3-8-14-9-11(13)12-10-6-4-5-7-10/h10H,2-9H2,1H3,(H,12,13). The first kappa shape index (κ1) is 11.9. The van der Waals surface area contributed by atoms with Gasteiger partial charge in [-0.3, -0.25) is 4.79 Å². The van der Waals surface area contributed by atoms with Crippen molar-refractivity contribution in [3.05, 3.63) is 0 Å². The largest absolute Gasteiger partial charge is 0.353 e. The summed E-state index contributed by atoms with van der Waals surface area (Å²) < 4.78 is 0. The topological polar surface area (TPSA) is 29.1 Å². The van der Waals surface area contributed by atoms with E-state index in [1.807, 2.05) is 0 Å². The minimum absolute atomic E-state index is 0.234. The van der Waals surface area contributed by atoms with Crippen molar-refractivity contribution in [1.29, 1.82) is 0 Å². The van der Waals surface area contributed by atoms with Crippen LogP contribution in [-0.2, 0) is 4.79 Å². The summed E-state index contributed by atoms with van der Waals surface area (Å²) in [5.74, 6) is 2.00. The zero-order chi connectivity index (χ0) is 10.2. The number of thioether (sulfide) groups is 1. The van der Waals surface area contributed by atoms with Crippen molar-refractivity contribution in [3.8, 4) is 0 Å². The fourth-order valence-corrected chi connectivity index (χ4v) is 2.66. The molecule has 1 fully saturated rings. The van der Waals surface area contributed by atoms with E-state index in [2.05, 4.69) is 12.2 Å². The molecule has 0 heterocycles. The summed E-state index contributed by atoms with van der Waals surface area (Å²) in [6.45, 7) is 2.18. The van der Waals surface area contributed by atoms with Gasteiger partial charge in [0.05, 0.1) is 5.75 Å². The number of nitrogens with one attached hydrogen (secondary N) is 1. The van der Waals surface area contributed by atoms with E-state index < -0.39 is 0 Å². The first-order chi connectivity index (χ1) is 6.83. The van der Waals surface area contributed by atoms with Crippen LogP contribution >= 0.6 is 11.8 Å². The molecular weight excluding hydrogens is 194 g/mol. The van der Waals surface area contributed by atoms with Gasteiger partial charge in [0.15, 0.2) is 0 Å². The molecule has 82 valence electrons. The Bertz CT molecular complexity index is 167. The second-order valence-electron chi connectivity index (χ2n) is 3.96. The van der Waals surface area contributed by atoms with Gasteiger partial charge in [-0.05, 0) is 25.0 Å². The molecule has 0 bridgehead atoms. The third-order valence-electron chi connectivity index (χ3n) is 2.60. The van der Waals surface area contributed by atoms with E-state index in [0.29, 0.717) is 11.8 Å². The molecule has 0 aliphatic heterocycles. The fourth-order valence-electron chi connectivity index (χ4n) is 1.75. The zero-order valence-electron chi connectivity index (χ0n) is 9.05. The van der Waals surface area contributed by atoms with Gasteiger partial charge in [0.1, 0.15) is 0 Å². The predicted molar refractivity (Wildman–Crippen MR) is 62.6 cm³/mol. The molecule has 0 saturated heterocycles. The van der Waals surface area contributed by atoms with Crippen LogP contribution in [0.15, 0.2) is 0 Å². The lowest BCUT2D eigenvalue weighted by Gasteiger charge is -2.11. The Labute approximate surface area is 91.2 Å². The van der Waals surface area contributed by atoms with Crippen molar-refractivity contribution in [1.82, 2.24) is 5.32 Å². The highest BCUT2D eigenvalue weighted by atomic mass is 32.2. The summed E-state index contributed by atoms with van der Waals surface area (Å²) in [7, 11) is 0. The smallest absolute Gasteiger partial charge is 0.230 e. The lowest BCUT2D eigenvalue weighted by atomic mass is 10.2. The van der Waals surface area contributed by atoms with Gasteiger partial charge >= 0.3 is 0 Å². The average Bonchev–Trinajstić information content (AvgIpc) is 2.65. The molecule has 1 aliphatic carbocycles. The number of unbranched alkanes of at least 4 members (excludes halogenated alkanes) is 1. The molecule has 1 aliphatic rings. The van der Waals surface area contributed by atoms with Gasteiger partial charge in [-0.15, -0.1) is 0 Å². The molecule has 0 spiro atoms. The number of carbonyl (C=O) groups excluding carboxylic acids is 1. The highest BCUT2D eigenvalue weighted by molar-refractivity contribution is 7.99. The maximum atomic E-state index is 11.4. The number of rotatable bonds is 6. The second-order valence-corrected chi connectivity index (χ2v) is 5.06. The van der Waals surface area contributed by atoms with E-state index in [9.17, 15) is 4.79 Å². The van der Waals surface area contributed by atoms with Gasteiger partial charge in [-0.25, -0.2) is 0 Å². The van der Waals surface area contributed by atoms with Crippen LogP contribution in [0.3, 0.4) is 0 Å². The summed E-state index contributed by atoms with van der Waals surface area (Å²) in [6, 6.07) is 0.481. The Morgan fingerprint density at radius 3 is 2.79 bits per heavy atom. The normalized spacial score (nSPS) is 17.2. The summed E-state index contributed by atoms with van der Waals surface area (Å²) in [6.07, 6.45) is 7.39. The molecule has 2 nitrogen and oxygen atoms in total. The van der Waals surface area contributed by atoms with Gasteiger partial charge in [0.25, 0.3) is 0 Å². The van der Waals surface area contributed by atoms with Gasteiger partial charge in [0.2, 0.25) is 5.91 Å². The lowest BCUT2D eigenvalue weighted by Crippen LogP contribution is -2.33. The Morgan fingerprint density at radius 2 is 2.14 bits per heavy atom. The molecular formula is C11H21NOS. The van der Waals surface area contributed by atoms with Gasteiger partial charge < -0.3 is 5.32 Å². The molecule has 1 rings (SSSR count). The molecule has 1 amide bonds. The maximum Gasteiger partial charge on any atom is 0.230 e. The minimum atomic E-state index is 0.234. The zero-order valence-corrected chi connectivity index (χ0v) is 9.87. The summed E-state index contributed by atoms with van der Waals surface area (Å²) in [4.78, 5) is 11.4. The predicted octanol–water partition coefficient (Wildman–Crippen LogP) is 2.58. The van der Waals surface area contributed by atoms with E-state index in [4.69, 9.17) is 0 Å². The van der Waals surface area contributed by atoms with Crippen LogP contribution in [0.2, 0.25) is 0 Å². The van der Waals surface area contributed by atoms with E-state index >= 15 is 0 Å². The van der Waals surface area contributed by atoms with Crippen LogP contribution < -0.4 is 5.32 Å². The van der Waals surface area contributed by atoms with Crippen molar-refractivity contribution in [2.45, 2.75) is 51.5 Å². The van der Waals surface area contributed by atoms with Crippen LogP contribution in [-0.4, -0.2) is 23.5 Å².